The summed E-state index contributed by atoms with van der Waals surface area (Å²) in [5.41, 5.74) is 2.75. The second-order valence-corrected chi connectivity index (χ2v) is 7.38. The van der Waals surface area contributed by atoms with E-state index in [0.29, 0.717) is 16.5 Å². The lowest BCUT2D eigenvalue weighted by atomic mass is 10.2. The predicted octanol–water partition coefficient (Wildman–Crippen LogP) is 5.86. The fraction of sp³-hybridized carbons (Fsp3) is 0.0417. The fourth-order valence-corrected chi connectivity index (χ4v) is 3.79. The summed E-state index contributed by atoms with van der Waals surface area (Å²) in [5, 5.41) is 2.83. The van der Waals surface area contributed by atoms with Crippen LogP contribution in [0.2, 0.25) is 0 Å². The average molecular weight is 411 g/mol. The molecule has 30 heavy (non-hydrogen) atoms. The molecule has 0 saturated heterocycles. The van der Waals surface area contributed by atoms with Gasteiger partial charge in [-0.15, -0.1) is 0 Å². The monoisotopic (exact) mass is 411 g/mol. The molecule has 0 unspecified atom stereocenters. The summed E-state index contributed by atoms with van der Waals surface area (Å²) in [6.45, 7) is 0. The number of aromatic nitrogens is 2. The lowest BCUT2D eigenvalue weighted by Gasteiger charge is -2.05. The topological polar surface area (TPSA) is 60.5 Å². The van der Waals surface area contributed by atoms with Gasteiger partial charge in [-0.2, -0.15) is 4.99 Å². The van der Waals surface area contributed by atoms with Gasteiger partial charge in [-0.05, 0) is 36.4 Å². The molecule has 0 aliphatic carbocycles. The Hall–Kier alpha value is -3.77. The van der Waals surface area contributed by atoms with Crippen molar-refractivity contribution in [2.75, 3.05) is 7.11 Å². The van der Waals surface area contributed by atoms with Crippen molar-refractivity contribution in [2.24, 2.45) is 4.99 Å². The van der Waals surface area contributed by atoms with E-state index >= 15 is 0 Å². The molecular weight excluding hydrogens is 394 g/mol. The van der Waals surface area contributed by atoms with E-state index in [1.54, 1.807) is 7.11 Å². The second kappa shape index (κ2) is 7.93. The minimum absolute atomic E-state index is 0.531. The first kappa shape index (κ1) is 18.3. The highest BCUT2D eigenvalue weighted by Gasteiger charge is 2.10. The number of benzene rings is 3. The number of fused-ring (bicyclic) bond motifs is 1. The number of hydrogen-bond acceptors (Lipinski definition) is 6. The molecule has 0 aliphatic rings. The summed E-state index contributed by atoms with van der Waals surface area (Å²) in [6, 6.07) is 25.5. The number of para-hydroxylation sites is 1. The van der Waals surface area contributed by atoms with Crippen LogP contribution in [0.3, 0.4) is 0 Å². The Morgan fingerprint density at radius 3 is 2.40 bits per heavy atom. The maximum Gasteiger partial charge on any atom is 0.280 e. The molecule has 0 radical (unpaired) electrons. The van der Waals surface area contributed by atoms with E-state index in [-0.39, 0.29) is 0 Å². The third-order valence-electron chi connectivity index (χ3n) is 4.65. The van der Waals surface area contributed by atoms with Crippen LogP contribution in [-0.4, -0.2) is 17.1 Å². The molecular formula is C24H17N3O2S. The first-order valence-corrected chi connectivity index (χ1v) is 10.3. The smallest absolute Gasteiger partial charge is 0.280 e. The summed E-state index contributed by atoms with van der Waals surface area (Å²) in [5.74, 6) is 2.79. The van der Waals surface area contributed by atoms with Crippen LogP contribution >= 0.6 is 11.3 Å². The highest BCUT2D eigenvalue weighted by Crippen LogP contribution is 2.27. The molecule has 0 bridgehead atoms. The second-order valence-electron chi connectivity index (χ2n) is 6.56. The normalized spacial score (nSPS) is 11.7. The standard InChI is InChI=1S/C24H17N3O2S/c1-28-18-13-11-16(12-14-18)21-15-30-24(29-21)27-23-19-9-5-6-10-20(19)25-22(26-23)17-7-3-2-4-8-17/h2-15H,1H3. The van der Waals surface area contributed by atoms with Crippen LogP contribution in [0.5, 0.6) is 5.75 Å². The molecule has 0 atom stereocenters. The molecule has 0 saturated carbocycles. The zero-order chi connectivity index (χ0) is 20.3. The molecule has 0 amide bonds. The lowest BCUT2D eigenvalue weighted by molar-refractivity contribution is 0.415. The van der Waals surface area contributed by atoms with Crippen molar-refractivity contribution in [1.82, 2.24) is 9.97 Å². The summed E-state index contributed by atoms with van der Waals surface area (Å²) in [7, 11) is 1.65. The van der Waals surface area contributed by atoms with E-state index in [4.69, 9.17) is 24.1 Å². The number of methoxy groups -OCH3 is 1. The Labute approximate surface area is 177 Å². The molecule has 2 aromatic heterocycles. The Bertz CT molecular complexity index is 1370. The molecule has 146 valence electrons. The van der Waals surface area contributed by atoms with Gasteiger partial charge in [0, 0.05) is 21.9 Å². The van der Waals surface area contributed by atoms with Crippen molar-refractivity contribution in [3.05, 3.63) is 89.1 Å². The van der Waals surface area contributed by atoms with Crippen molar-refractivity contribution in [3.8, 4) is 28.5 Å². The van der Waals surface area contributed by atoms with Gasteiger partial charge in [-0.1, -0.05) is 53.8 Å². The maximum absolute atomic E-state index is 5.99. The van der Waals surface area contributed by atoms with Gasteiger partial charge < -0.3 is 9.15 Å². The van der Waals surface area contributed by atoms with Crippen molar-refractivity contribution >= 4 is 28.1 Å². The Balaban J connectivity index is 1.61. The highest BCUT2D eigenvalue weighted by molar-refractivity contribution is 7.07. The quantitative estimate of drug-likeness (QED) is 0.372. The van der Waals surface area contributed by atoms with Crippen LogP contribution in [-0.2, 0) is 0 Å². The van der Waals surface area contributed by atoms with E-state index in [9.17, 15) is 0 Å². The van der Waals surface area contributed by atoms with E-state index in [1.165, 1.54) is 11.3 Å². The molecule has 5 nitrogen and oxygen atoms in total. The SMILES string of the molecule is COc1ccc(-c2csc(=Nc3nc(-c4ccccc4)nc4ccccc34)o2)cc1. The number of rotatable bonds is 4. The van der Waals surface area contributed by atoms with Gasteiger partial charge in [0.1, 0.15) is 11.5 Å². The maximum atomic E-state index is 5.99. The van der Waals surface area contributed by atoms with Crippen molar-refractivity contribution in [2.45, 2.75) is 0 Å². The van der Waals surface area contributed by atoms with Crippen LogP contribution in [0.4, 0.5) is 5.82 Å². The zero-order valence-electron chi connectivity index (χ0n) is 16.1. The van der Waals surface area contributed by atoms with Gasteiger partial charge >= 0.3 is 0 Å². The third kappa shape index (κ3) is 3.60. The molecule has 0 aliphatic heterocycles. The number of hydrogen-bond donors (Lipinski definition) is 0. The zero-order valence-corrected chi connectivity index (χ0v) is 17.0. The summed E-state index contributed by atoms with van der Waals surface area (Å²) < 4.78 is 11.2. The minimum Gasteiger partial charge on any atom is -0.497 e. The summed E-state index contributed by atoms with van der Waals surface area (Å²) in [4.78, 5) is 14.7. The first-order chi connectivity index (χ1) is 14.8. The average Bonchev–Trinajstić information content (AvgIpc) is 3.28. The summed E-state index contributed by atoms with van der Waals surface area (Å²) >= 11 is 1.43. The van der Waals surface area contributed by atoms with Crippen molar-refractivity contribution < 1.29 is 9.15 Å². The van der Waals surface area contributed by atoms with Crippen molar-refractivity contribution in [3.63, 3.8) is 0 Å². The molecule has 5 rings (SSSR count). The van der Waals surface area contributed by atoms with Crippen LogP contribution in [0.15, 0.2) is 93.7 Å². The molecule has 5 aromatic rings. The molecule has 0 fully saturated rings. The predicted molar refractivity (Wildman–Crippen MR) is 119 cm³/mol. The minimum atomic E-state index is 0.531. The van der Waals surface area contributed by atoms with Gasteiger partial charge in [0.15, 0.2) is 11.6 Å². The van der Waals surface area contributed by atoms with Crippen molar-refractivity contribution in [1.29, 1.82) is 0 Å². The van der Waals surface area contributed by atoms with E-state index in [0.717, 1.165) is 33.5 Å². The van der Waals surface area contributed by atoms with Gasteiger partial charge in [0.2, 0.25) is 0 Å². The Morgan fingerprint density at radius 1 is 0.833 bits per heavy atom. The van der Waals surface area contributed by atoms with Gasteiger partial charge in [0.05, 0.1) is 12.6 Å². The number of nitrogens with zero attached hydrogens (tertiary/aromatic N) is 3. The van der Waals surface area contributed by atoms with E-state index in [1.807, 2.05) is 84.2 Å². The lowest BCUT2D eigenvalue weighted by Crippen LogP contribution is -1.95. The van der Waals surface area contributed by atoms with E-state index < -0.39 is 0 Å². The fourth-order valence-electron chi connectivity index (χ4n) is 3.13. The van der Waals surface area contributed by atoms with Crippen LogP contribution in [0, 0.1) is 0 Å². The molecule has 6 heteroatoms. The van der Waals surface area contributed by atoms with Gasteiger partial charge in [-0.25, -0.2) is 9.97 Å². The first-order valence-electron chi connectivity index (χ1n) is 9.40. The molecule has 0 N–H and O–H groups in total. The largest absolute Gasteiger partial charge is 0.497 e. The van der Waals surface area contributed by atoms with Crippen LogP contribution in [0.25, 0.3) is 33.6 Å². The Morgan fingerprint density at radius 2 is 1.60 bits per heavy atom. The highest BCUT2D eigenvalue weighted by atomic mass is 32.1. The molecule has 0 spiro atoms. The van der Waals surface area contributed by atoms with E-state index in [2.05, 4.69) is 0 Å². The summed E-state index contributed by atoms with van der Waals surface area (Å²) in [6.07, 6.45) is 0. The molecule has 3 aromatic carbocycles. The van der Waals surface area contributed by atoms with Gasteiger partial charge in [-0.3, -0.25) is 0 Å². The van der Waals surface area contributed by atoms with Crippen LogP contribution in [0.1, 0.15) is 0 Å². The third-order valence-corrected chi connectivity index (χ3v) is 5.36. The number of ether oxygens (including phenoxy) is 1. The van der Waals surface area contributed by atoms with Gasteiger partial charge in [0.25, 0.3) is 4.87 Å². The Kier molecular flexibility index (Phi) is 4.83. The molecule has 2 heterocycles. The van der Waals surface area contributed by atoms with Crippen LogP contribution < -0.4 is 9.60 Å².